The smallest absolute Gasteiger partial charge is 0.238 e. The quantitative estimate of drug-likeness (QED) is 0.890. The fourth-order valence-corrected chi connectivity index (χ4v) is 2.05. The van der Waals surface area contributed by atoms with E-state index >= 15 is 0 Å². The summed E-state index contributed by atoms with van der Waals surface area (Å²) in [6.07, 6.45) is 0.0202. The van der Waals surface area contributed by atoms with Gasteiger partial charge in [-0.05, 0) is 24.6 Å². The lowest BCUT2D eigenvalue weighted by molar-refractivity contribution is -0.116. The van der Waals surface area contributed by atoms with Gasteiger partial charge in [0.1, 0.15) is 6.42 Å². The van der Waals surface area contributed by atoms with Crippen LogP contribution in [-0.2, 0) is 16.0 Å². The third-order valence-electron chi connectivity index (χ3n) is 3.20. The molecule has 0 spiro atoms. The number of amides is 2. The summed E-state index contributed by atoms with van der Waals surface area (Å²) in [6.45, 7) is 1.99. The van der Waals surface area contributed by atoms with Gasteiger partial charge < -0.3 is 10.6 Å². The molecule has 2 N–H and O–H groups in total. The first-order valence-corrected chi connectivity index (χ1v) is 7.19. The first-order chi connectivity index (χ1) is 11.1. The van der Waals surface area contributed by atoms with Crippen LogP contribution in [0.3, 0.4) is 0 Å². The number of anilines is 2. The Morgan fingerprint density at radius 1 is 0.957 bits per heavy atom. The number of aryl methyl sites for hydroxylation is 1. The van der Waals surface area contributed by atoms with E-state index in [-0.39, 0.29) is 18.7 Å². The van der Waals surface area contributed by atoms with E-state index < -0.39 is 5.91 Å². The summed E-state index contributed by atoms with van der Waals surface area (Å²) >= 11 is 0. The Kier molecular flexibility index (Phi) is 5.48. The van der Waals surface area contributed by atoms with Gasteiger partial charge in [-0.25, -0.2) is 0 Å². The van der Waals surface area contributed by atoms with Crippen LogP contribution in [0.15, 0.2) is 48.5 Å². The van der Waals surface area contributed by atoms with Crippen LogP contribution < -0.4 is 10.6 Å². The second kappa shape index (κ2) is 7.76. The highest BCUT2D eigenvalue weighted by Gasteiger charge is 2.09. The minimum Gasteiger partial charge on any atom is -0.324 e. The van der Waals surface area contributed by atoms with E-state index in [0.717, 1.165) is 11.1 Å². The van der Waals surface area contributed by atoms with E-state index in [1.165, 1.54) is 0 Å². The second-order valence-electron chi connectivity index (χ2n) is 5.14. The Morgan fingerprint density at radius 2 is 1.52 bits per heavy atom. The number of carbonyl (C=O) groups excluding carboxylic acids is 2. The van der Waals surface area contributed by atoms with Crippen LogP contribution in [0.5, 0.6) is 0 Å². The first kappa shape index (κ1) is 16.2. The van der Waals surface area contributed by atoms with Gasteiger partial charge in [0, 0.05) is 0 Å². The Hall–Kier alpha value is -3.13. The number of nitrogens with zero attached hydrogens (tertiary/aromatic N) is 1. The van der Waals surface area contributed by atoms with Gasteiger partial charge in [0.25, 0.3) is 0 Å². The normalized spacial score (nSPS) is 9.74. The van der Waals surface area contributed by atoms with Crippen molar-refractivity contribution in [1.29, 1.82) is 5.26 Å². The average molecular weight is 307 g/mol. The van der Waals surface area contributed by atoms with Crippen LogP contribution in [-0.4, -0.2) is 11.8 Å². The van der Waals surface area contributed by atoms with E-state index in [1.807, 2.05) is 31.2 Å². The number of para-hydroxylation sites is 2. The molecule has 0 heterocycles. The zero-order chi connectivity index (χ0) is 16.7. The van der Waals surface area contributed by atoms with Crippen molar-refractivity contribution in [3.05, 3.63) is 59.7 Å². The molecular formula is C18H17N3O2. The molecule has 2 aromatic rings. The highest BCUT2D eigenvalue weighted by atomic mass is 16.2. The lowest BCUT2D eigenvalue weighted by Gasteiger charge is -2.11. The van der Waals surface area contributed by atoms with Gasteiger partial charge in [-0.3, -0.25) is 9.59 Å². The highest BCUT2D eigenvalue weighted by molar-refractivity contribution is 6.00. The number of nitrogens with one attached hydrogen (secondary N) is 2. The Balaban J connectivity index is 2.04. The van der Waals surface area contributed by atoms with Gasteiger partial charge in [0.15, 0.2) is 0 Å². The molecular weight excluding hydrogens is 290 g/mol. The molecule has 23 heavy (non-hydrogen) atoms. The number of hydrogen-bond donors (Lipinski definition) is 2. The van der Waals surface area contributed by atoms with Crippen molar-refractivity contribution in [1.82, 2.24) is 0 Å². The Morgan fingerprint density at radius 3 is 2.09 bits per heavy atom. The summed E-state index contributed by atoms with van der Waals surface area (Å²) in [5.74, 6) is -0.580. The third kappa shape index (κ3) is 4.97. The van der Waals surface area contributed by atoms with E-state index in [2.05, 4.69) is 10.6 Å². The van der Waals surface area contributed by atoms with Crippen molar-refractivity contribution >= 4 is 23.2 Å². The molecule has 2 amide bonds. The van der Waals surface area contributed by atoms with E-state index in [1.54, 1.807) is 30.3 Å². The maximum Gasteiger partial charge on any atom is 0.238 e. The fraction of sp³-hybridized carbons (Fsp3) is 0.167. The number of nitriles is 1. The summed E-state index contributed by atoms with van der Waals surface area (Å²) in [5, 5.41) is 13.9. The van der Waals surface area contributed by atoms with Crippen molar-refractivity contribution in [2.24, 2.45) is 0 Å². The molecule has 116 valence electrons. The first-order valence-electron chi connectivity index (χ1n) is 7.19. The van der Waals surface area contributed by atoms with Gasteiger partial charge in [0.2, 0.25) is 11.8 Å². The zero-order valence-electron chi connectivity index (χ0n) is 12.8. The lowest BCUT2D eigenvalue weighted by atomic mass is 10.1. The van der Waals surface area contributed by atoms with Gasteiger partial charge >= 0.3 is 0 Å². The summed E-state index contributed by atoms with van der Waals surface area (Å²) < 4.78 is 0. The SMILES string of the molecule is Cc1ccc(CC(=O)Nc2ccccc2NC(=O)CC#N)cc1. The summed E-state index contributed by atoms with van der Waals surface area (Å²) in [5.41, 5.74) is 3.04. The van der Waals surface area contributed by atoms with Crippen LogP contribution >= 0.6 is 0 Å². The monoisotopic (exact) mass is 307 g/mol. The molecule has 0 radical (unpaired) electrons. The summed E-state index contributed by atoms with van der Waals surface area (Å²) in [7, 11) is 0. The topological polar surface area (TPSA) is 82.0 Å². The minimum atomic E-state index is -0.410. The number of hydrogen-bond acceptors (Lipinski definition) is 3. The fourth-order valence-electron chi connectivity index (χ4n) is 2.05. The number of rotatable bonds is 5. The van der Waals surface area contributed by atoms with Crippen molar-refractivity contribution in [2.75, 3.05) is 10.6 Å². The molecule has 5 heteroatoms. The number of carbonyl (C=O) groups is 2. The molecule has 2 aromatic carbocycles. The molecule has 0 unspecified atom stereocenters. The van der Waals surface area contributed by atoms with Gasteiger partial charge in [-0.15, -0.1) is 0 Å². The minimum absolute atomic E-state index is 0.171. The molecule has 0 atom stereocenters. The molecule has 0 bridgehead atoms. The molecule has 0 fully saturated rings. The third-order valence-corrected chi connectivity index (χ3v) is 3.20. The molecule has 0 aliphatic carbocycles. The molecule has 0 saturated carbocycles. The van der Waals surface area contributed by atoms with Gasteiger partial charge in [-0.2, -0.15) is 5.26 Å². The van der Waals surface area contributed by atoms with Crippen molar-refractivity contribution in [2.45, 2.75) is 19.8 Å². The standard InChI is InChI=1S/C18H17N3O2/c1-13-6-8-14(9-7-13)12-18(23)21-16-5-3-2-4-15(16)20-17(22)10-11-19/h2-9H,10,12H2,1H3,(H,20,22)(H,21,23). The zero-order valence-corrected chi connectivity index (χ0v) is 12.8. The van der Waals surface area contributed by atoms with Gasteiger partial charge in [0.05, 0.1) is 23.9 Å². The Labute approximate surface area is 134 Å². The second-order valence-corrected chi connectivity index (χ2v) is 5.14. The van der Waals surface area contributed by atoms with Crippen LogP contribution in [0, 0.1) is 18.3 Å². The molecule has 0 saturated heterocycles. The predicted octanol–water partition coefficient (Wildman–Crippen LogP) is 3.03. The van der Waals surface area contributed by atoms with Crippen molar-refractivity contribution < 1.29 is 9.59 Å². The van der Waals surface area contributed by atoms with Gasteiger partial charge in [-0.1, -0.05) is 42.0 Å². The lowest BCUT2D eigenvalue weighted by Crippen LogP contribution is -2.17. The van der Waals surface area contributed by atoms with Crippen LogP contribution in [0.2, 0.25) is 0 Å². The van der Waals surface area contributed by atoms with E-state index in [4.69, 9.17) is 5.26 Å². The maximum absolute atomic E-state index is 12.2. The largest absolute Gasteiger partial charge is 0.324 e. The molecule has 0 aliphatic rings. The Bertz CT molecular complexity index is 746. The molecule has 2 rings (SSSR count). The highest BCUT2D eigenvalue weighted by Crippen LogP contribution is 2.21. The number of benzene rings is 2. The summed E-state index contributed by atoms with van der Waals surface area (Å²) in [4.78, 5) is 23.7. The molecule has 0 aromatic heterocycles. The molecule has 0 aliphatic heterocycles. The predicted molar refractivity (Wildman–Crippen MR) is 88.8 cm³/mol. The van der Waals surface area contributed by atoms with Crippen LogP contribution in [0.4, 0.5) is 11.4 Å². The van der Waals surface area contributed by atoms with Crippen molar-refractivity contribution in [3.63, 3.8) is 0 Å². The van der Waals surface area contributed by atoms with Crippen LogP contribution in [0.25, 0.3) is 0 Å². The summed E-state index contributed by atoms with van der Waals surface area (Å²) in [6, 6.07) is 16.4. The molecule has 5 nitrogen and oxygen atoms in total. The van der Waals surface area contributed by atoms with Crippen molar-refractivity contribution in [3.8, 4) is 6.07 Å². The van der Waals surface area contributed by atoms with E-state index in [9.17, 15) is 9.59 Å². The average Bonchev–Trinajstić information content (AvgIpc) is 2.52. The maximum atomic E-state index is 12.2. The van der Waals surface area contributed by atoms with E-state index in [0.29, 0.717) is 11.4 Å². The van der Waals surface area contributed by atoms with Crippen LogP contribution in [0.1, 0.15) is 17.5 Å².